The third-order valence-electron chi connectivity index (χ3n) is 4.74. The quantitative estimate of drug-likeness (QED) is 0.823. The van der Waals surface area contributed by atoms with E-state index in [1.165, 1.54) is 0 Å². The van der Waals surface area contributed by atoms with Crippen molar-refractivity contribution in [3.63, 3.8) is 0 Å². The Hall–Kier alpha value is -2.40. The number of aliphatic hydroxyl groups excluding tert-OH is 1. The van der Waals surface area contributed by atoms with Gasteiger partial charge in [-0.3, -0.25) is 4.79 Å². The van der Waals surface area contributed by atoms with E-state index in [0.29, 0.717) is 5.92 Å². The summed E-state index contributed by atoms with van der Waals surface area (Å²) < 4.78 is 1.80. The number of carbonyl (C=O) groups excluding carboxylic acids is 1. The van der Waals surface area contributed by atoms with Gasteiger partial charge in [-0.1, -0.05) is 18.2 Å². The summed E-state index contributed by atoms with van der Waals surface area (Å²) in [6, 6.07) is 9.90. The van der Waals surface area contributed by atoms with Crippen LogP contribution in [-0.2, 0) is 4.79 Å². The van der Waals surface area contributed by atoms with Crippen molar-refractivity contribution in [2.24, 2.45) is 5.92 Å². The Morgan fingerprint density at radius 3 is 2.72 bits per heavy atom. The Kier molecular flexibility index (Phi) is 6.01. The van der Waals surface area contributed by atoms with Gasteiger partial charge in [-0.15, -0.1) is 0 Å². The summed E-state index contributed by atoms with van der Waals surface area (Å²) in [6.45, 7) is 1.88. The highest BCUT2D eigenvalue weighted by Gasteiger charge is 2.21. The van der Waals surface area contributed by atoms with Gasteiger partial charge in [0, 0.05) is 37.5 Å². The number of hydrogen-bond donors (Lipinski definition) is 1. The van der Waals surface area contributed by atoms with E-state index < -0.39 is 0 Å². The molecule has 2 heterocycles. The first-order valence-corrected chi connectivity index (χ1v) is 8.94. The summed E-state index contributed by atoms with van der Waals surface area (Å²) in [4.78, 5) is 14.3. The van der Waals surface area contributed by atoms with Crippen LogP contribution in [0.15, 0.2) is 48.8 Å². The van der Waals surface area contributed by atoms with E-state index in [2.05, 4.69) is 5.10 Å². The Morgan fingerprint density at radius 2 is 2.00 bits per heavy atom. The second-order valence-electron chi connectivity index (χ2n) is 6.52. The van der Waals surface area contributed by atoms with Crippen LogP contribution in [-0.4, -0.2) is 45.4 Å². The number of nitrogens with zero attached hydrogens (tertiary/aromatic N) is 3. The highest BCUT2D eigenvalue weighted by atomic mass is 16.2. The van der Waals surface area contributed by atoms with Crippen molar-refractivity contribution in [1.82, 2.24) is 14.7 Å². The van der Waals surface area contributed by atoms with Crippen LogP contribution in [0.4, 0.5) is 0 Å². The molecule has 0 aliphatic carbocycles. The van der Waals surface area contributed by atoms with Gasteiger partial charge in [-0.25, -0.2) is 4.68 Å². The number of piperidine rings is 1. The van der Waals surface area contributed by atoms with Crippen molar-refractivity contribution in [3.8, 4) is 5.69 Å². The normalized spacial score (nSPS) is 15.8. The Balaban J connectivity index is 1.52. The molecule has 1 aliphatic rings. The molecule has 0 bridgehead atoms. The fourth-order valence-electron chi connectivity index (χ4n) is 3.24. The van der Waals surface area contributed by atoms with Crippen LogP contribution >= 0.6 is 0 Å². The van der Waals surface area contributed by atoms with Crippen LogP contribution in [0.1, 0.15) is 31.2 Å². The van der Waals surface area contributed by atoms with Crippen LogP contribution < -0.4 is 0 Å². The lowest BCUT2D eigenvalue weighted by Gasteiger charge is -2.31. The van der Waals surface area contributed by atoms with Crippen molar-refractivity contribution in [1.29, 1.82) is 0 Å². The molecule has 0 saturated carbocycles. The molecule has 132 valence electrons. The van der Waals surface area contributed by atoms with Gasteiger partial charge < -0.3 is 10.0 Å². The molecule has 0 spiro atoms. The maximum absolute atomic E-state index is 12.3. The Morgan fingerprint density at radius 1 is 1.24 bits per heavy atom. The number of likely N-dealkylation sites (tertiary alicyclic amines) is 1. The van der Waals surface area contributed by atoms with Crippen molar-refractivity contribution in [2.45, 2.75) is 25.7 Å². The van der Waals surface area contributed by atoms with Gasteiger partial charge in [0.05, 0.1) is 11.9 Å². The zero-order chi connectivity index (χ0) is 17.5. The number of benzene rings is 1. The number of amides is 1. The second kappa shape index (κ2) is 8.62. The lowest BCUT2D eigenvalue weighted by Crippen LogP contribution is -2.37. The molecule has 1 saturated heterocycles. The van der Waals surface area contributed by atoms with Gasteiger partial charge in [0.1, 0.15) is 0 Å². The van der Waals surface area contributed by atoms with Crippen LogP contribution in [0, 0.1) is 5.92 Å². The van der Waals surface area contributed by atoms with Crippen LogP contribution in [0.25, 0.3) is 11.8 Å². The van der Waals surface area contributed by atoms with E-state index in [9.17, 15) is 4.79 Å². The molecule has 0 atom stereocenters. The molecule has 1 aromatic carbocycles. The topological polar surface area (TPSA) is 58.4 Å². The second-order valence-corrected chi connectivity index (χ2v) is 6.52. The monoisotopic (exact) mass is 339 g/mol. The first kappa shape index (κ1) is 17.4. The molecule has 0 unspecified atom stereocenters. The average molecular weight is 339 g/mol. The molecule has 3 rings (SSSR count). The molecular formula is C20H25N3O2. The highest BCUT2D eigenvalue weighted by molar-refractivity contribution is 5.91. The molecule has 1 aromatic heterocycles. The Bertz CT molecular complexity index is 701. The van der Waals surface area contributed by atoms with E-state index in [4.69, 9.17) is 5.11 Å². The number of aliphatic hydroxyl groups is 1. The average Bonchev–Trinajstić information content (AvgIpc) is 3.14. The molecule has 1 N–H and O–H groups in total. The van der Waals surface area contributed by atoms with Crippen molar-refractivity contribution >= 4 is 12.0 Å². The summed E-state index contributed by atoms with van der Waals surface area (Å²) in [6.07, 6.45) is 11.1. The third-order valence-corrected chi connectivity index (χ3v) is 4.74. The summed E-state index contributed by atoms with van der Waals surface area (Å²) >= 11 is 0. The summed E-state index contributed by atoms with van der Waals surface area (Å²) in [5.41, 5.74) is 1.91. The fraction of sp³-hybridized carbons (Fsp3) is 0.400. The molecule has 2 aromatic rings. The number of aromatic nitrogens is 2. The maximum atomic E-state index is 12.3. The fourth-order valence-corrected chi connectivity index (χ4v) is 3.24. The van der Waals surface area contributed by atoms with Crippen LogP contribution in [0.5, 0.6) is 0 Å². The summed E-state index contributed by atoms with van der Waals surface area (Å²) in [7, 11) is 0. The van der Waals surface area contributed by atoms with Crippen LogP contribution in [0.2, 0.25) is 0 Å². The summed E-state index contributed by atoms with van der Waals surface area (Å²) in [5, 5.41) is 13.2. The molecule has 1 fully saturated rings. The van der Waals surface area contributed by atoms with Crippen LogP contribution in [0.3, 0.4) is 0 Å². The van der Waals surface area contributed by atoms with Gasteiger partial charge in [0.25, 0.3) is 0 Å². The molecular weight excluding hydrogens is 314 g/mol. The van der Waals surface area contributed by atoms with Gasteiger partial charge in [-0.2, -0.15) is 5.10 Å². The SMILES string of the molecule is O=C(C=Cc1cnn(-c2ccccc2)c1)N1CCC(CCCO)CC1. The smallest absolute Gasteiger partial charge is 0.246 e. The predicted octanol–water partition coefficient (Wildman–Crippen LogP) is 2.90. The third kappa shape index (κ3) is 4.79. The molecule has 5 heteroatoms. The van der Waals surface area contributed by atoms with Gasteiger partial charge in [-0.05, 0) is 49.8 Å². The van der Waals surface area contributed by atoms with Gasteiger partial charge >= 0.3 is 0 Å². The minimum Gasteiger partial charge on any atom is -0.396 e. The lowest BCUT2D eigenvalue weighted by atomic mass is 9.92. The molecule has 5 nitrogen and oxygen atoms in total. The predicted molar refractivity (Wildman–Crippen MR) is 98.2 cm³/mol. The number of para-hydroxylation sites is 1. The standard InChI is InChI=1S/C20H25N3O2/c24-14-4-5-17-10-12-22(13-11-17)20(25)9-8-18-15-21-23(16-18)19-6-2-1-3-7-19/h1-3,6-9,15-17,24H,4-5,10-14H2. The van der Waals surface area contributed by atoms with Crippen molar-refractivity contribution < 1.29 is 9.90 Å². The molecule has 25 heavy (non-hydrogen) atoms. The van der Waals surface area contributed by atoms with E-state index in [1.54, 1.807) is 17.0 Å². The highest BCUT2D eigenvalue weighted by Crippen LogP contribution is 2.22. The van der Waals surface area contributed by atoms with Gasteiger partial charge in [0.15, 0.2) is 0 Å². The Labute approximate surface area is 148 Å². The van der Waals surface area contributed by atoms with E-state index in [0.717, 1.165) is 50.0 Å². The van der Waals surface area contributed by atoms with Crippen molar-refractivity contribution in [3.05, 3.63) is 54.4 Å². The first-order chi connectivity index (χ1) is 12.3. The minimum atomic E-state index is 0.0630. The molecule has 1 amide bonds. The van der Waals surface area contributed by atoms with E-state index in [1.807, 2.05) is 47.5 Å². The lowest BCUT2D eigenvalue weighted by molar-refractivity contribution is -0.127. The summed E-state index contributed by atoms with van der Waals surface area (Å²) in [5.74, 6) is 0.706. The number of carbonyl (C=O) groups is 1. The van der Waals surface area contributed by atoms with Gasteiger partial charge in [0.2, 0.25) is 5.91 Å². The largest absolute Gasteiger partial charge is 0.396 e. The minimum absolute atomic E-state index is 0.0630. The molecule has 1 aliphatic heterocycles. The maximum Gasteiger partial charge on any atom is 0.246 e. The first-order valence-electron chi connectivity index (χ1n) is 8.94. The van der Waals surface area contributed by atoms with E-state index in [-0.39, 0.29) is 12.5 Å². The molecule has 0 radical (unpaired) electrons. The zero-order valence-corrected chi connectivity index (χ0v) is 14.4. The zero-order valence-electron chi connectivity index (χ0n) is 14.4. The van der Waals surface area contributed by atoms with E-state index >= 15 is 0 Å². The number of rotatable bonds is 6. The van der Waals surface area contributed by atoms with Crippen molar-refractivity contribution in [2.75, 3.05) is 19.7 Å². The number of hydrogen-bond acceptors (Lipinski definition) is 3.